The SMILES string of the molecule is O=C(O)[C@@H](N=C(c1ccccc1)c1ccccc1NC(=O)[C@@H]1CCCN1Cc1ccccc1)[C@@H]1c2ccccc2CCN1Cc1ccccc1. The van der Waals surface area contributed by atoms with E-state index in [0.717, 1.165) is 48.1 Å². The van der Waals surface area contributed by atoms with E-state index < -0.39 is 18.1 Å². The van der Waals surface area contributed by atoms with Crippen molar-refractivity contribution < 1.29 is 14.7 Å². The zero-order chi connectivity index (χ0) is 34.3. The summed E-state index contributed by atoms with van der Waals surface area (Å²) in [6, 6.07) is 44.0. The van der Waals surface area contributed by atoms with Crippen molar-refractivity contribution in [2.24, 2.45) is 4.99 Å². The Kier molecular flexibility index (Phi) is 10.2. The number of nitrogens with zero attached hydrogens (tertiary/aromatic N) is 3. The van der Waals surface area contributed by atoms with Crippen LogP contribution in [0.5, 0.6) is 0 Å². The van der Waals surface area contributed by atoms with Crippen molar-refractivity contribution in [1.29, 1.82) is 0 Å². The summed E-state index contributed by atoms with van der Waals surface area (Å²) in [5.41, 5.74) is 7.04. The molecule has 0 spiro atoms. The Morgan fingerprint density at radius 3 is 2.02 bits per heavy atom. The van der Waals surface area contributed by atoms with Crippen molar-refractivity contribution in [3.63, 3.8) is 0 Å². The number of hydrogen-bond acceptors (Lipinski definition) is 5. The molecule has 0 bridgehead atoms. The van der Waals surface area contributed by atoms with Gasteiger partial charge in [0.25, 0.3) is 0 Å². The maximum atomic E-state index is 14.0. The Bertz CT molecular complexity index is 1950. The van der Waals surface area contributed by atoms with Crippen LogP contribution < -0.4 is 5.32 Å². The van der Waals surface area contributed by atoms with Gasteiger partial charge in [0.05, 0.1) is 23.5 Å². The molecule has 7 rings (SSSR count). The number of para-hydroxylation sites is 1. The van der Waals surface area contributed by atoms with Crippen molar-refractivity contribution in [3.8, 4) is 0 Å². The summed E-state index contributed by atoms with van der Waals surface area (Å²) in [5, 5.41) is 14.2. The highest BCUT2D eigenvalue weighted by atomic mass is 16.4. The summed E-state index contributed by atoms with van der Waals surface area (Å²) in [6.45, 7) is 2.88. The van der Waals surface area contributed by atoms with Crippen LogP contribution in [0, 0.1) is 0 Å². The Balaban J connectivity index is 1.27. The zero-order valence-electron chi connectivity index (χ0n) is 28.1. The van der Waals surface area contributed by atoms with E-state index in [4.69, 9.17) is 4.99 Å². The van der Waals surface area contributed by atoms with E-state index in [0.29, 0.717) is 36.6 Å². The van der Waals surface area contributed by atoms with E-state index >= 15 is 0 Å². The normalized spacial score (nSPS) is 18.7. The molecule has 7 nitrogen and oxygen atoms in total. The lowest BCUT2D eigenvalue weighted by molar-refractivity contribution is -0.140. The molecule has 2 aliphatic heterocycles. The molecular weight excluding hydrogens is 620 g/mol. The lowest BCUT2D eigenvalue weighted by Crippen LogP contribution is -2.44. The number of nitrogens with one attached hydrogen (secondary N) is 1. The molecule has 2 aliphatic rings. The first kappa shape index (κ1) is 33.1. The second-order valence-electron chi connectivity index (χ2n) is 13.1. The van der Waals surface area contributed by atoms with E-state index in [1.54, 1.807) is 0 Å². The summed E-state index contributed by atoms with van der Waals surface area (Å²) < 4.78 is 0. The van der Waals surface area contributed by atoms with Crippen molar-refractivity contribution in [1.82, 2.24) is 9.80 Å². The third kappa shape index (κ3) is 7.44. The van der Waals surface area contributed by atoms with Crippen molar-refractivity contribution >= 4 is 23.3 Å². The topological polar surface area (TPSA) is 85.2 Å². The van der Waals surface area contributed by atoms with Crippen LogP contribution in [0.2, 0.25) is 0 Å². The molecule has 0 aromatic heterocycles. The highest BCUT2D eigenvalue weighted by Gasteiger charge is 2.38. The fourth-order valence-electron chi connectivity index (χ4n) is 7.46. The quantitative estimate of drug-likeness (QED) is 0.144. The van der Waals surface area contributed by atoms with Crippen LogP contribution in [0.15, 0.2) is 145 Å². The van der Waals surface area contributed by atoms with Gasteiger partial charge in [0.2, 0.25) is 5.91 Å². The maximum absolute atomic E-state index is 14.0. The Labute approximate surface area is 293 Å². The second kappa shape index (κ2) is 15.5. The summed E-state index contributed by atoms with van der Waals surface area (Å²) in [7, 11) is 0. The van der Waals surface area contributed by atoms with Crippen LogP contribution in [0.4, 0.5) is 5.69 Å². The number of carboxylic acids is 1. The number of hydrogen-bond donors (Lipinski definition) is 2. The number of aliphatic carboxylic acids is 1. The van der Waals surface area contributed by atoms with Crippen LogP contribution in [-0.4, -0.2) is 57.7 Å². The summed E-state index contributed by atoms with van der Waals surface area (Å²) in [4.78, 5) is 37.0. The van der Waals surface area contributed by atoms with Crippen molar-refractivity contribution in [2.75, 3.05) is 18.4 Å². The van der Waals surface area contributed by atoms with Gasteiger partial charge in [-0.05, 0) is 54.1 Å². The molecule has 0 aliphatic carbocycles. The van der Waals surface area contributed by atoms with Gasteiger partial charge < -0.3 is 10.4 Å². The molecule has 0 radical (unpaired) electrons. The molecule has 0 unspecified atom stereocenters. The maximum Gasteiger partial charge on any atom is 0.330 e. The molecule has 7 heteroatoms. The standard InChI is InChI=1S/C43H42N4O3/c48-42(38-25-14-27-46(38)29-31-15-4-1-5-16-31)44-37-24-13-12-23-36(37)39(34-20-8-3-9-21-34)45-40(43(49)50)41-35-22-11-10-19-33(35)26-28-47(41)30-32-17-6-2-7-18-32/h1-13,15-24,38,40-41H,14,25-30H2,(H,44,48)(H,49,50)/t38-,40-,41-/m0/s1. The van der Waals surface area contributed by atoms with Gasteiger partial charge in [-0.25, -0.2) is 4.79 Å². The summed E-state index contributed by atoms with van der Waals surface area (Å²) in [5.74, 6) is -1.06. The number of carboxylic acid groups (broad SMARTS) is 1. The minimum Gasteiger partial charge on any atom is -0.480 e. The largest absolute Gasteiger partial charge is 0.480 e. The minimum atomic E-state index is -1.12. The highest BCUT2D eigenvalue weighted by molar-refractivity contribution is 6.17. The number of likely N-dealkylation sites (tertiary alicyclic amines) is 1. The molecule has 1 saturated heterocycles. The molecule has 252 valence electrons. The monoisotopic (exact) mass is 662 g/mol. The number of benzene rings is 5. The Morgan fingerprint density at radius 1 is 0.720 bits per heavy atom. The van der Waals surface area contributed by atoms with Gasteiger partial charge in [-0.2, -0.15) is 0 Å². The highest BCUT2D eigenvalue weighted by Crippen LogP contribution is 2.36. The van der Waals surface area contributed by atoms with Gasteiger partial charge in [-0.15, -0.1) is 0 Å². The average Bonchev–Trinajstić information content (AvgIpc) is 3.62. The third-order valence-electron chi connectivity index (χ3n) is 9.87. The fourth-order valence-corrected chi connectivity index (χ4v) is 7.46. The molecule has 1 fully saturated rings. The first-order valence-corrected chi connectivity index (χ1v) is 17.4. The van der Waals surface area contributed by atoms with Crippen LogP contribution in [0.25, 0.3) is 0 Å². The number of amides is 1. The van der Waals surface area contributed by atoms with Crippen LogP contribution in [0.3, 0.4) is 0 Å². The van der Waals surface area contributed by atoms with Crippen LogP contribution in [-0.2, 0) is 29.1 Å². The van der Waals surface area contributed by atoms with E-state index in [2.05, 4.69) is 45.4 Å². The smallest absolute Gasteiger partial charge is 0.330 e. The molecular formula is C43H42N4O3. The molecule has 50 heavy (non-hydrogen) atoms. The van der Waals surface area contributed by atoms with Gasteiger partial charge in [-0.1, -0.05) is 133 Å². The third-order valence-corrected chi connectivity index (χ3v) is 9.87. The van der Waals surface area contributed by atoms with Gasteiger partial charge in [0, 0.05) is 30.8 Å². The molecule has 2 N–H and O–H groups in total. The molecule has 2 heterocycles. The number of fused-ring (bicyclic) bond motifs is 1. The minimum absolute atomic E-state index is 0.0664. The number of rotatable bonds is 11. The number of aliphatic imine (C=N–C) groups is 1. The molecule has 5 aromatic rings. The molecule has 3 atom stereocenters. The van der Waals surface area contributed by atoms with E-state index in [9.17, 15) is 14.7 Å². The van der Waals surface area contributed by atoms with E-state index in [1.165, 1.54) is 5.56 Å². The summed E-state index contributed by atoms with van der Waals surface area (Å²) >= 11 is 0. The zero-order valence-corrected chi connectivity index (χ0v) is 28.1. The lowest BCUT2D eigenvalue weighted by atomic mass is 9.87. The number of anilines is 1. The van der Waals surface area contributed by atoms with E-state index in [-0.39, 0.29) is 11.9 Å². The molecule has 1 amide bonds. The van der Waals surface area contributed by atoms with Crippen molar-refractivity contribution in [2.45, 2.75) is 50.5 Å². The van der Waals surface area contributed by atoms with Crippen LogP contribution >= 0.6 is 0 Å². The van der Waals surface area contributed by atoms with Crippen LogP contribution in [0.1, 0.15) is 52.3 Å². The predicted molar refractivity (Wildman–Crippen MR) is 198 cm³/mol. The predicted octanol–water partition coefficient (Wildman–Crippen LogP) is 7.38. The summed E-state index contributed by atoms with van der Waals surface area (Å²) in [6.07, 6.45) is 2.56. The number of carbonyl (C=O) groups is 2. The lowest BCUT2D eigenvalue weighted by Gasteiger charge is -2.39. The second-order valence-corrected chi connectivity index (χ2v) is 13.1. The van der Waals surface area contributed by atoms with Gasteiger partial charge >= 0.3 is 5.97 Å². The van der Waals surface area contributed by atoms with Gasteiger partial charge in [-0.3, -0.25) is 19.6 Å². The van der Waals surface area contributed by atoms with Crippen molar-refractivity contribution in [3.05, 3.63) is 173 Å². The fraction of sp³-hybridized carbons (Fsp3) is 0.233. The average molecular weight is 663 g/mol. The Morgan fingerprint density at radius 2 is 1.32 bits per heavy atom. The Hall–Kier alpha value is -5.37. The first-order valence-electron chi connectivity index (χ1n) is 17.4. The molecule has 0 saturated carbocycles. The van der Waals surface area contributed by atoms with E-state index in [1.807, 2.05) is 109 Å². The van der Waals surface area contributed by atoms with Gasteiger partial charge in [0.15, 0.2) is 6.04 Å². The molecule has 5 aromatic carbocycles. The number of carbonyl (C=O) groups excluding carboxylic acids is 1. The van der Waals surface area contributed by atoms with Gasteiger partial charge in [0.1, 0.15) is 0 Å². The first-order chi connectivity index (χ1) is 24.5.